The fourth-order valence-corrected chi connectivity index (χ4v) is 9.69. The maximum absolute atomic E-state index is 12.4. The maximum Gasteiger partial charge on any atom is 0.305 e. The molecule has 0 spiro atoms. The monoisotopic (exact) mass is 972 g/mol. The highest BCUT2D eigenvalue weighted by Crippen LogP contribution is 2.18. The van der Waals surface area contributed by atoms with Crippen LogP contribution in [0.2, 0.25) is 0 Å². The van der Waals surface area contributed by atoms with Crippen molar-refractivity contribution in [2.24, 2.45) is 0 Å². The van der Waals surface area contributed by atoms with Crippen molar-refractivity contribution in [3.8, 4) is 0 Å². The highest BCUT2D eigenvalue weighted by molar-refractivity contribution is 5.76. The molecular weight excluding hydrogens is 851 g/mol. The van der Waals surface area contributed by atoms with Crippen LogP contribution < -0.4 is 5.32 Å². The van der Waals surface area contributed by atoms with Gasteiger partial charge in [-0.25, -0.2) is 0 Å². The number of hydrogen-bond acceptors (Lipinski definition) is 5. The Morgan fingerprint density at radius 2 is 0.681 bits per heavy atom. The van der Waals surface area contributed by atoms with E-state index in [-0.39, 0.29) is 18.5 Å². The summed E-state index contributed by atoms with van der Waals surface area (Å²) >= 11 is 0. The predicted octanol–water partition coefficient (Wildman–Crippen LogP) is 19.4. The number of carbonyl (C=O) groups excluding carboxylic acids is 2. The van der Waals surface area contributed by atoms with Crippen molar-refractivity contribution in [2.75, 3.05) is 13.2 Å². The summed E-state index contributed by atoms with van der Waals surface area (Å²) in [6.07, 6.45) is 72.3. The van der Waals surface area contributed by atoms with Gasteiger partial charge in [0.15, 0.2) is 0 Å². The summed E-state index contributed by atoms with van der Waals surface area (Å²) in [6, 6.07) is -0.624. The van der Waals surface area contributed by atoms with Crippen LogP contribution in [0.3, 0.4) is 0 Å². The SMILES string of the molecule is CCCCCCC/C=C\CCCCCCCC(=O)OCCCCCCCCCCCCCCCCCCCCCCCCCCCCC(=O)NC(CO)C(O)/C=C/CCCCCCCCCCCC. The molecule has 3 N–H and O–H groups in total. The number of amides is 1. The summed E-state index contributed by atoms with van der Waals surface area (Å²) in [5.74, 6) is -0.0570. The molecule has 0 bridgehead atoms. The van der Waals surface area contributed by atoms with Crippen LogP contribution in [0.1, 0.15) is 341 Å². The van der Waals surface area contributed by atoms with E-state index in [4.69, 9.17) is 4.74 Å². The van der Waals surface area contributed by atoms with Crippen molar-refractivity contribution in [3.63, 3.8) is 0 Å². The molecule has 2 atom stereocenters. The molecule has 0 aliphatic rings. The number of hydrogen-bond donors (Lipinski definition) is 3. The van der Waals surface area contributed by atoms with Crippen molar-refractivity contribution in [2.45, 2.75) is 353 Å². The lowest BCUT2D eigenvalue weighted by Crippen LogP contribution is -2.45. The zero-order chi connectivity index (χ0) is 50.0. The first-order valence-electron chi connectivity index (χ1n) is 31.1. The summed E-state index contributed by atoms with van der Waals surface area (Å²) < 4.78 is 5.48. The molecule has 2 unspecified atom stereocenters. The third-order valence-electron chi connectivity index (χ3n) is 14.5. The Balaban J connectivity index is 3.35. The van der Waals surface area contributed by atoms with Crippen LogP contribution in [0.25, 0.3) is 0 Å². The van der Waals surface area contributed by atoms with E-state index in [0.29, 0.717) is 19.4 Å². The molecule has 408 valence electrons. The van der Waals surface area contributed by atoms with E-state index in [9.17, 15) is 19.8 Å². The lowest BCUT2D eigenvalue weighted by Gasteiger charge is -2.20. The number of rotatable bonds is 58. The Hall–Kier alpha value is -1.66. The zero-order valence-electron chi connectivity index (χ0n) is 46.6. The van der Waals surface area contributed by atoms with Crippen molar-refractivity contribution >= 4 is 11.9 Å². The third kappa shape index (κ3) is 55.5. The van der Waals surface area contributed by atoms with Gasteiger partial charge >= 0.3 is 5.97 Å². The highest BCUT2D eigenvalue weighted by atomic mass is 16.5. The van der Waals surface area contributed by atoms with E-state index in [2.05, 4.69) is 31.3 Å². The van der Waals surface area contributed by atoms with E-state index in [1.54, 1.807) is 6.08 Å². The normalized spacial score (nSPS) is 12.7. The third-order valence-corrected chi connectivity index (χ3v) is 14.5. The summed E-state index contributed by atoms with van der Waals surface area (Å²) in [7, 11) is 0. The Bertz CT molecular complexity index is 1080. The van der Waals surface area contributed by atoms with Gasteiger partial charge in [0.25, 0.3) is 0 Å². The second kappa shape index (κ2) is 58.9. The average Bonchev–Trinajstić information content (AvgIpc) is 3.35. The Morgan fingerprint density at radius 1 is 0.391 bits per heavy atom. The largest absolute Gasteiger partial charge is 0.466 e. The Labute approximate surface area is 431 Å². The van der Waals surface area contributed by atoms with Crippen LogP contribution in [0.15, 0.2) is 24.3 Å². The number of carbonyl (C=O) groups is 2. The molecular formula is C63H121NO5. The molecule has 69 heavy (non-hydrogen) atoms. The van der Waals surface area contributed by atoms with Crippen LogP contribution >= 0.6 is 0 Å². The molecule has 6 heteroatoms. The smallest absolute Gasteiger partial charge is 0.305 e. The van der Waals surface area contributed by atoms with Gasteiger partial charge in [0, 0.05) is 12.8 Å². The molecule has 0 fully saturated rings. The molecule has 0 radical (unpaired) electrons. The quantitative estimate of drug-likeness (QED) is 0.0321. The summed E-state index contributed by atoms with van der Waals surface area (Å²) in [5.41, 5.74) is 0. The van der Waals surface area contributed by atoms with Gasteiger partial charge in [-0.2, -0.15) is 0 Å². The number of nitrogens with one attached hydrogen (secondary N) is 1. The van der Waals surface area contributed by atoms with E-state index in [1.807, 2.05) is 6.08 Å². The van der Waals surface area contributed by atoms with Crippen molar-refractivity contribution < 1.29 is 24.5 Å². The minimum atomic E-state index is -0.841. The lowest BCUT2D eigenvalue weighted by molar-refractivity contribution is -0.143. The zero-order valence-corrected chi connectivity index (χ0v) is 46.6. The molecule has 0 aromatic rings. The van der Waals surface area contributed by atoms with Gasteiger partial charge in [-0.05, 0) is 57.8 Å². The van der Waals surface area contributed by atoms with Crippen LogP contribution in [0.4, 0.5) is 0 Å². The number of allylic oxidation sites excluding steroid dienone is 3. The fourth-order valence-electron chi connectivity index (χ4n) is 9.69. The van der Waals surface area contributed by atoms with Gasteiger partial charge in [-0.15, -0.1) is 0 Å². The van der Waals surface area contributed by atoms with Crippen LogP contribution in [-0.4, -0.2) is 47.4 Å². The number of aliphatic hydroxyl groups is 2. The topological polar surface area (TPSA) is 95.9 Å². The lowest BCUT2D eigenvalue weighted by atomic mass is 10.0. The Kier molecular flexibility index (Phi) is 57.5. The average molecular weight is 973 g/mol. The second-order valence-corrected chi connectivity index (χ2v) is 21.4. The number of aliphatic hydroxyl groups excluding tert-OH is 2. The van der Waals surface area contributed by atoms with Crippen molar-refractivity contribution in [3.05, 3.63) is 24.3 Å². The van der Waals surface area contributed by atoms with Crippen molar-refractivity contribution in [1.29, 1.82) is 0 Å². The highest BCUT2D eigenvalue weighted by Gasteiger charge is 2.18. The number of unbranched alkanes of at least 4 members (excludes halogenated alkanes) is 45. The number of esters is 1. The number of ether oxygens (including phenoxy) is 1. The van der Waals surface area contributed by atoms with E-state index < -0.39 is 12.1 Å². The van der Waals surface area contributed by atoms with Gasteiger partial charge in [-0.3, -0.25) is 9.59 Å². The van der Waals surface area contributed by atoms with Crippen LogP contribution in [0.5, 0.6) is 0 Å². The second-order valence-electron chi connectivity index (χ2n) is 21.4. The standard InChI is InChI=1S/C63H121NO5/c1-3-5-7-9-11-13-15-17-33-37-41-45-49-53-57-63(68)69-58-54-50-46-42-38-34-31-29-27-25-23-21-19-18-20-22-24-26-28-30-32-36-40-44-48-52-56-62(67)64-60(59-65)61(66)55-51-47-43-39-35-16-14-12-10-8-6-4-2/h15,17,51,55,60-61,65-66H,3-14,16,18-50,52-54,56-59H2,1-2H3,(H,64,67)/b17-15-,55-51+. The molecule has 0 aromatic carbocycles. The fraction of sp³-hybridized carbons (Fsp3) is 0.905. The summed E-state index contributed by atoms with van der Waals surface area (Å²) in [4.78, 5) is 24.5. The van der Waals surface area contributed by atoms with E-state index >= 15 is 0 Å². The molecule has 0 saturated heterocycles. The molecule has 0 rings (SSSR count). The van der Waals surface area contributed by atoms with Gasteiger partial charge in [-0.1, -0.05) is 295 Å². The first-order valence-corrected chi connectivity index (χ1v) is 31.1. The molecule has 0 saturated carbocycles. The van der Waals surface area contributed by atoms with Crippen LogP contribution in [0, 0.1) is 0 Å². The minimum absolute atomic E-state index is 0.00845. The molecule has 0 heterocycles. The van der Waals surface area contributed by atoms with Gasteiger partial charge in [0.05, 0.1) is 25.4 Å². The molecule has 0 aliphatic heterocycles. The maximum atomic E-state index is 12.4. The predicted molar refractivity (Wildman–Crippen MR) is 301 cm³/mol. The summed E-state index contributed by atoms with van der Waals surface area (Å²) in [5, 5.41) is 23.1. The minimum Gasteiger partial charge on any atom is -0.466 e. The van der Waals surface area contributed by atoms with Gasteiger partial charge < -0.3 is 20.3 Å². The molecule has 1 amide bonds. The van der Waals surface area contributed by atoms with Crippen molar-refractivity contribution in [1.82, 2.24) is 5.32 Å². The molecule has 0 aliphatic carbocycles. The Morgan fingerprint density at radius 3 is 1.03 bits per heavy atom. The first-order chi connectivity index (χ1) is 34.0. The van der Waals surface area contributed by atoms with E-state index in [1.165, 1.54) is 270 Å². The van der Waals surface area contributed by atoms with Gasteiger partial charge in [0.1, 0.15) is 0 Å². The van der Waals surface area contributed by atoms with Crippen LogP contribution in [-0.2, 0) is 14.3 Å². The molecule has 0 aromatic heterocycles. The summed E-state index contributed by atoms with van der Waals surface area (Å²) in [6.45, 7) is 4.90. The molecule has 6 nitrogen and oxygen atoms in total. The van der Waals surface area contributed by atoms with E-state index in [0.717, 1.165) is 44.9 Å². The first kappa shape index (κ1) is 67.3. The van der Waals surface area contributed by atoms with Gasteiger partial charge in [0.2, 0.25) is 5.91 Å².